The lowest BCUT2D eigenvalue weighted by molar-refractivity contribution is 0.146. The van der Waals surface area contributed by atoms with Crippen molar-refractivity contribution in [1.29, 1.82) is 0 Å². The number of fused-ring (bicyclic) bond motifs is 1. The van der Waals surface area contributed by atoms with Crippen LogP contribution in [-0.2, 0) is 0 Å². The Morgan fingerprint density at radius 2 is 1.94 bits per heavy atom. The zero-order valence-corrected chi connectivity index (χ0v) is 8.49. The Bertz CT molecular complexity index is 609. The summed E-state index contributed by atoms with van der Waals surface area (Å²) in [5, 5.41) is -0.00491. The molecule has 6 heteroatoms. The Kier molecular flexibility index (Phi) is 2.63. The first-order valence-electron chi connectivity index (χ1n) is 4.29. The lowest BCUT2D eigenvalue weighted by Crippen LogP contribution is -2.06. The van der Waals surface area contributed by atoms with E-state index in [1.54, 1.807) is 0 Å². The highest BCUT2D eigenvalue weighted by atomic mass is 35.5. The molecule has 2 nitrogen and oxygen atoms in total. The van der Waals surface area contributed by atoms with Crippen LogP contribution >= 0.6 is 11.6 Å². The quantitative estimate of drug-likeness (QED) is 0.824. The van der Waals surface area contributed by atoms with E-state index < -0.39 is 23.4 Å². The molecule has 0 unspecified atom stereocenters. The molecule has 0 spiro atoms. The van der Waals surface area contributed by atoms with Crippen LogP contribution in [0.2, 0.25) is 5.02 Å². The summed E-state index contributed by atoms with van der Waals surface area (Å²) in [4.78, 5) is 13.6. The van der Waals surface area contributed by atoms with Gasteiger partial charge in [-0.1, -0.05) is 11.6 Å². The predicted molar refractivity (Wildman–Crippen MR) is 54.5 cm³/mol. The van der Waals surface area contributed by atoms with Crippen molar-refractivity contribution in [1.82, 2.24) is 4.98 Å². The van der Waals surface area contributed by atoms with E-state index in [9.17, 15) is 18.0 Å². The molecule has 1 heterocycles. The van der Waals surface area contributed by atoms with E-state index in [0.717, 1.165) is 12.1 Å². The first-order valence-corrected chi connectivity index (χ1v) is 4.67. The molecule has 0 amide bonds. The van der Waals surface area contributed by atoms with Crippen molar-refractivity contribution >= 4 is 22.5 Å². The Morgan fingerprint density at radius 3 is 2.56 bits per heavy atom. The second kappa shape index (κ2) is 3.83. The fourth-order valence-corrected chi connectivity index (χ4v) is 1.62. The van der Waals surface area contributed by atoms with Crippen LogP contribution < -0.4 is 5.43 Å². The molecule has 16 heavy (non-hydrogen) atoms. The molecule has 1 aromatic heterocycles. The standard InChI is InChI=1S/C10H5ClF3NO/c11-4-1-5-8(16)3-7(10(13)14)15-9(5)6(12)2-4/h1-3,10H,(H,15,16). The van der Waals surface area contributed by atoms with Gasteiger partial charge in [-0.2, -0.15) is 0 Å². The molecule has 1 N–H and O–H groups in total. The van der Waals surface area contributed by atoms with E-state index in [-0.39, 0.29) is 15.9 Å². The molecule has 2 aromatic rings. The Morgan fingerprint density at radius 1 is 1.25 bits per heavy atom. The van der Waals surface area contributed by atoms with Crippen molar-refractivity contribution in [3.05, 3.63) is 45.0 Å². The molecular weight excluding hydrogens is 243 g/mol. The second-order valence-corrected chi connectivity index (χ2v) is 3.64. The fraction of sp³-hybridized carbons (Fsp3) is 0.100. The van der Waals surface area contributed by atoms with Crippen LogP contribution in [0.15, 0.2) is 23.0 Å². The summed E-state index contributed by atoms with van der Waals surface area (Å²) in [6, 6.07) is 2.92. The van der Waals surface area contributed by atoms with E-state index in [2.05, 4.69) is 4.98 Å². The van der Waals surface area contributed by atoms with Crippen molar-refractivity contribution in [2.24, 2.45) is 0 Å². The van der Waals surface area contributed by atoms with Gasteiger partial charge in [0.2, 0.25) is 0 Å². The molecule has 0 aliphatic rings. The number of hydrogen-bond donors (Lipinski definition) is 1. The number of nitrogens with one attached hydrogen (secondary N) is 1. The van der Waals surface area contributed by atoms with Crippen molar-refractivity contribution in [3.63, 3.8) is 0 Å². The lowest BCUT2D eigenvalue weighted by atomic mass is 10.2. The average Bonchev–Trinajstić information content (AvgIpc) is 2.19. The molecule has 84 valence electrons. The summed E-state index contributed by atoms with van der Waals surface area (Å²) >= 11 is 5.56. The second-order valence-electron chi connectivity index (χ2n) is 3.20. The molecule has 0 atom stereocenters. The molecule has 0 aliphatic heterocycles. The monoisotopic (exact) mass is 247 g/mol. The van der Waals surface area contributed by atoms with Gasteiger partial charge in [0.1, 0.15) is 5.82 Å². The van der Waals surface area contributed by atoms with Crippen LogP contribution in [0.3, 0.4) is 0 Å². The molecule has 0 radical (unpaired) electrons. The SMILES string of the molecule is O=c1cc(C(F)F)[nH]c2c(F)cc(Cl)cc12. The normalized spacial score (nSPS) is 11.3. The van der Waals surface area contributed by atoms with Crippen molar-refractivity contribution < 1.29 is 13.2 Å². The van der Waals surface area contributed by atoms with Gasteiger partial charge in [0.25, 0.3) is 6.43 Å². The van der Waals surface area contributed by atoms with Crippen LogP contribution in [0.1, 0.15) is 12.1 Å². The summed E-state index contributed by atoms with van der Waals surface area (Å²) in [7, 11) is 0. The van der Waals surface area contributed by atoms with Crippen LogP contribution in [0.25, 0.3) is 10.9 Å². The van der Waals surface area contributed by atoms with Crippen LogP contribution in [0, 0.1) is 5.82 Å². The van der Waals surface area contributed by atoms with E-state index in [0.29, 0.717) is 0 Å². The minimum Gasteiger partial charge on any atom is -0.351 e. The molecule has 0 bridgehead atoms. The van der Waals surface area contributed by atoms with Crippen molar-refractivity contribution in [3.8, 4) is 0 Å². The van der Waals surface area contributed by atoms with Crippen molar-refractivity contribution in [2.75, 3.05) is 0 Å². The Balaban J connectivity index is 2.87. The van der Waals surface area contributed by atoms with Gasteiger partial charge in [0.05, 0.1) is 11.2 Å². The number of rotatable bonds is 1. The summed E-state index contributed by atoms with van der Waals surface area (Å²) in [6.07, 6.45) is -2.85. The van der Waals surface area contributed by atoms with Crippen molar-refractivity contribution in [2.45, 2.75) is 6.43 Å². The fourth-order valence-electron chi connectivity index (χ4n) is 1.41. The van der Waals surface area contributed by atoms with Gasteiger partial charge in [0, 0.05) is 16.5 Å². The van der Waals surface area contributed by atoms with Gasteiger partial charge in [-0.3, -0.25) is 4.79 Å². The number of aromatic amines is 1. The molecule has 0 saturated carbocycles. The van der Waals surface area contributed by atoms with E-state index >= 15 is 0 Å². The minimum atomic E-state index is -2.85. The number of halogens is 4. The van der Waals surface area contributed by atoms with Gasteiger partial charge in [0.15, 0.2) is 5.43 Å². The third-order valence-corrected chi connectivity index (χ3v) is 2.33. The summed E-state index contributed by atoms with van der Waals surface area (Å²) < 4.78 is 38.1. The Labute approximate surface area is 92.7 Å². The minimum absolute atomic E-state index is 0.0419. The molecule has 0 fully saturated rings. The van der Waals surface area contributed by atoms with E-state index in [1.807, 2.05) is 0 Å². The zero-order valence-electron chi connectivity index (χ0n) is 7.73. The number of benzene rings is 1. The number of alkyl halides is 2. The van der Waals surface area contributed by atoms with E-state index in [4.69, 9.17) is 11.6 Å². The van der Waals surface area contributed by atoms with Gasteiger partial charge in [-0.25, -0.2) is 13.2 Å². The third kappa shape index (κ3) is 1.78. The number of pyridine rings is 1. The predicted octanol–water partition coefficient (Wildman–Crippen LogP) is 3.26. The van der Waals surface area contributed by atoms with Gasteiger partial charge in [-0.15, -0.1) is 0 Å². The first kappa shape index (κ1) is 11.0. The summed E-state index contributed by atoms with van der Waals surface area (Å²) in [5.41, 5.74) is -1.56. The highest BCUT2D eigenvalue weighted by Crippen LogP contribution is 2.22. The lowest BCUT2D eigenvalue weighted by Gasteiger charge is -2.04. The largest absolute Gasteiger partial charge is 0.351 e. The maximum Gasteiger partial charge on any atom is 0.278 e. The maximum atomic E-state index is 13.4. The zero-order chi connectivity index (χ0) is 11.9. The first-order chi connectivity index (χ1) is 7.49. The highest BCUT2D eigenvalue weighted by Gasteiger charge is 2.13. The van der Waals surface area contributed by atoms with Gasteiger partial charge < -0.3 is 4.98 Å². The smallest absolute Gasteiger partial charge is 0.278 e. The number of H-pyrrole nitrogens is 1. The molecule has 1 aromatic carbocycles. The average molecular weight is 248 g/mol. The summed E-state index contributed by atoms with van der Waals surface area (Å²) in [5.74, 6) is -0.831. The molecular formula is C10H5ClF3NO. The molecule has 0 aliphatic carbocycles. The summed E-state index contributed by atoms with van der Waals surface area (Å²) in [6.45, 7) is 0. The van der Waals surface area contributed by atoms with Crippen LogP contribution in [0.5, 0.6) is 0 Å². The molecule has 0 saturated heterocycles. The van der Waals surface area contributed by atoms with E-state index in [1.165, 1.54) is 6.07 Å². The van der Waals surface area contributed by atoms with Gasteiger partial charge >= 0.3 is 0 Å². The molecule has 2 rings (SSSR count). The van der Waals surface area contributed by atoms with Crippen LogP contribution in [0.4, 0.5) is 13.2 Å². The highest BCUT2D eigenvalue weighted by molar-refractivity contribution is 6.31. The topological polar surface area (TPSA) is 32.9 Å². The van der Waals surface area contributed by atoms with Gasteiger partial charge in [-0.05, 0) is 12.1 Å². The maximum absolute atomic E-state index is 13.4. The number of aromatic nitrogens is 1. The third-order valence-electron chi connectivity index (χ3n) is 2.11. The Hall–Kier alpha value is -1.49. The van der Waals surface area contributed by atoms with Crippen LogP contribution in [-0.4, -0.2) is 4.98 Å². The number of hydrogen-bond acceptors (Lipinski definition) is 1.